The zero-order chi connectivity index (χ0) is 6.20. The third-order valence-electron chi connectivity index (χ3n) is 1.49. The van der Waals surface area contributed by atoms with Crippen LogP contribution < -0.4 is 0 Å². The molecule has 1 fully saturated rings. The van der Waals surface area contributed by atoms with Crippen molar-refractivity contribution < 1.29 is 4.39 Å². The van der Waals surface area contributed by atoms with Crippen molar-refractivity contribution in [2.45, 2.75) is 12.1 Å². The van der Waals surface area contributed by atoms with Gasteiger partial charge in [0.2, 0.25) is 0 Å². The van der Waals surface area contributed by atoms with Gasteiger partial charge in [0, 0.05) is 13.1 Å². The van der Waals surface area contributed by atoms with Crippen LogP contribution in [0.2, 0.25) is 0 Å². The van der Waals surface area contributed by atoms with Gasteiger partial charge in [-0.1, -0.05) is 0 Å². The molecule has 0 spiro atoms. The van der Waals surface area contributed by atoms with E-state index in [1.807, 2.05) is 11.9 Å². The summed E-state index contributed by atoms with van der Waals surface area (Å²) in [5, 5.41) is 0. The summed E-state index contributed by atoms with van der Waals surface area (Å²) in [6, 6.07) is 0. The van der Waals surface area contributed by atoms with Crippen LogP contribution in [-0.2, 0) is 0 Å². The number of nitrogens with zero attached hydrogens (tertiary/aromatic N) is 1. The number of likely N-dealkylation sites (tertiary alicyclic amines) is 1. The van der Waals surface area contributed by atoms with Crippen LogP contribution in [0.25, 0.3) is 0 Å². The lowest BCUT2D eigenvalue weighted by atomic mass is 10.1. The van der Waals surface area contributed by atoms with Crippen LogP contribution in [-0.4, -0.2) is 30.7 Å². The molecule has 47 valence electrons. The van der Waals surface area contributed by atoms with E-state index in [9.17, 15) is 4.39 Å². The Kier molecular flexibility index (Phi) is 1.27. The normalized spacial score (nSPS) is 40.9. The fourth-order valence-corrected chi connectivity index (χ4v) is 1.03. The molecule has 0 aliphatic carbocycles. The lowest BCUT2D eigenvalue weighted by molar-refractivity contribution is 0.231. The van der Waals surface area contributed by atoms with E-state index in [1.165, 1.54) is 0 Å². The molecule has 8 heavy (non-hydrogen) atoms. The van der Waals surface area contributed by atoms with Crippen molar-refractivity contribution in [2.24, 2.45) is 0 Å². The molecule has 1 saturated heterocycles. The van der Waals surface area contributed by atoms with E-state index < -0.39 is 5.67 Å². The molecule has 0 saturated carbocycles. The first kappa shape index (κ1) is 6.02. The lowest BCUT2D eigenvalue weighted by Crippen LogP contribution is -2.22. The van der Waals surface area contributed by atoms with Crippen molar-refractivity contribution in [3.05, 3.63) is 6.92 Å². The first-order chi connectivity index (χ1) is 3.60. The Bertz CT molecular complexity index is 90.5. The first-order valence-electron chi connectivity index (χ1n) is 2.83. The van der Waals surface area contributed by atoms with Gasteiger partial charge in [0.1, 0.15) is 5.67 Å². The highest BCUT2D eigenvalue weighted by Gasteiger charge is 2.31. The standard InChI is InChI=1S/C6H11FN/c1-6(7)3-4-8(2)5-6/h1,3-5H2,2H3. The topological polar surface area (TPSA) is 3.24 Å². The monoisotopic (exact) mass is 116 g/mol. The van der Waals surface area contributed by atoms with E-state index in [0.717, 1.165) is 6.54 Å². The number of alkyl halides is 1. The van der Waals surface area contributed by atoms with E-state index in [1.54, 1.807) is 0 Å². The van der Waals surface area contributed by atoms with Crippen LogP contribution >= 0.6 is 0 Å². The molecule has 0 bridgehead atoms. The van der Waals surface area contributed by atoms with Crippen molar-refractivity contribution >= 4 is 0 Å². The van der Waals surface area contributed by atoms with Gasteiger partial charge in [0.25, 0.3) is 0 Å². The Balaban J connectivity index is 2.44. The molecule has 1 aliphatic heterocycles. The second-order valence-corrected chi connectivity index (χ2v) is 2.64. The molecule has 1 atom stereocenters. The van der Waals surface area contributed by atoms with Crippen LogP contribution in [0.4, 0.5) is 4.39 Å². The summed E-state index contributed by atoms with van der Waals surface area (Å²) in [5.41, 5.74) is -1.16. The maximum absolute atomic E-state index is 12.7. The second kappa shape index (κ2) is 1.69. The third-order valence-corrected chi connectivity index (χ3v) is 1.49. The average molecular weight is 116 g/mol. The molecule has 1 aliphatic rings. The number of halogens is 1. The minimum absolute atomic E-state index is 0.493. The molecule has 2 heteroatoms. The summed E-state index contributed by atoms with van der Waals surface area (Å²) in [7, 11) is 1.91. The smallest absolute Gasteiger partial charge is 0.125 e. The minimum atomic E-state index is -1.16. The predicted molar refractivity (Wildman–Crippen MR) is 31.3 cm³/mol. The molecular formula is C6H11FN. The van der Waals surface area contributed by atoms with Gasteiger partial charge in [-0.2, -0.15) is 0 Å². The van der Waals surface area contributed by atoms with Crippen LogP contribution in [0.15, 0.2) is 0 Å². The average Bonchev–Trinajstić information content (AvgIpc) is 1.82. The van der Waals surface area contributed by atoms with Gasteiger partial charge in [-0.3, -0.25) is 0 Å². The summed E-state index contributed by atoms with van der Waals surface area (Å²) in [6.45, 7) is 4.75. The Morgan fingerprint density at radius 1 is 1.75 bits per heavy atom. The van der Waals surface area contributed by atoms with E-state index >= 15 is 0 Å². The second-order valence-electron chi connectivity index (χ2n) is 2.64. The third kappa shape index (κ3) is 1.19. The van der Waals surface area contributed by atoms with Crippen LogP contribution in [0, 0.1) is 6.92 Å². The van der Waals surface area contributed by atoms with E-state index in [2.05, 4.69) is 6.92 Å². The molecule has 0 amide bonds. The van der Waals surface area contributed by atoms with Gasteiger partial charge in [0.05, 0.1) is 0 Å². The number of rotatable bonds is 0. The van der Waals surface area contributed by atoms with E-state index in [4.69, 9.17) is 0 Å². The van der Waals surface area contributed by atoms with Crippen molar-refractivity contribution in [1.29, 1.82) is 0 Å². The fourth-order valence-electron chi connectivity index (χ4n) is 1.03. The SMILES string of the molecule is [CH2]C1(F)CCN(C)C1. The van der Waals surface area contributed by atoms with Crippen molar-refractivity contribution in [3.63, 3.8) is 0 Å². The summed E-state index contributed by atoms with van der Waals surface area (Å²) in [6.07, 6.45) is 0.587. The van der Waals surface area contributed by atoms with Gasteiger partial charge in [0.15, 0.2) is 0 Å². The van der Waals surface area contributed by atoms with Gasteiger partial charge in [-0.15, -0.1) is 0 Å². The summed E-state index contributed by atoms with van der Waals surface area (Å²) in [5.74, 6) is 0. The van der Waals surface area contributed by atoms with Gasteiger partial charge >= 0.3 is 0 Å². The summed E-state index contributed by atoms with van der Waals surface area (Å²) >= 11 is 0. The van der Waals surface area contributed by atoms with Gasteiger partial charge in [-0.05, 0) is 20.4 Å². The maximum Gasteiger partial charge on any atom is 0.125 e. The van der Waals surface area contributed by atoms with Crippen molar-refractivity contribution in [2.75, 3.05) is 20.1 Å². The highest BCUT2D eigenvalue weighted by atomic mass is 19.1. The molecule has 0 aromatic carbocycles. The molecule has 1 nitrogen and oxygen atoms in total. The Morgan fingerprint density at radius 3 is 2.50 bits per heavy atom. The molecule has 0 aromatic rings. The zero-order valence-electron chi connectivity index (χ0n) is 5.15. The van der Waals surface area contributed by atoms with Crippen molar-refractivity contribution in [3.8, 4) is 0 Å². The van der Waals surface area contributed by atoms with Crippen LogP contribution in [0.1, 0.15) is 6.42 Å². The molecule has 1 rings (SSSR count). The minimum Gasteiger partial charge on any atom is -0.303 e. The molecular weight excluding hydrogens is 105 g/mol. The predicted octanol–water partition coefficient (Wildman–Crippen LogP) is 0.864. The van der Waals surface area contributed by atoms with Crippen LogP contribution in [0.5, 0.6) is 0 Å². The molecule has 1 radical (unpaired) electrons. The number of hydrogen-bond donors (Lipinski definition) is 0. The molecule has 1 unspecified atom stereocenters. The maximum atomic E-state index is 12.7. The summed E-state index contributed by atoms with van der Waals surface area (Å²) in [4.78, 5) is 1.95. The first-order valence-corrected chi connectivity index (χ1v) is 2.83. The fraction of sp³-hybridized carbons (Fsp3) is 0.833. The molecule has 1 heterocycles. The van der Waals surface area contributed by atoms with Gasteiger partial charge < -0.3 is 4.90 Å². The van der Waals surface area contributed by atoms with Crippen molar-refractivity contribution in [1.82, 2.24) is 4.90 Å². The molecule has 0 N–H and O–H groups in total. The summed E-state index contributed by atoms with van der Waals surface area (Å²) < 4.78 is 12.7. The lowest BCUT2D eigenvalue weighted by Gasteiger charge is -2.10. The Labute approximate surface area is 49.5 Å². The molecule has 0 aromatic heterocycles. The van der Waals surface area contributed by atoms with Crippen LogP contribution in [0.3, 0.4) is 0 Å². The van der Waals surface area contributed by atoms with E-state index in [0.29, 0.717) is 13.0 Å². The largest absolute Gasteiger partial charge is 0.303 e. The quantitative estimate of drug-likeness (QED) is 0.454. The van der Waals surface area contributed by atoms with E-state index in [-0.39, 0.29) is 0 Å². The highest BCUT2D eigenvalue weighted by molar-refractivity contribution is 4.90. The van der Waals surface area contributed by atoms with Gasteiger partial charge in [-0.25, -0.2) is 4.39 Å². The Hall–Kier alpha value is -0.110. The Morgan fingerprint density at radius 2 is 2.38 bits per heavy atom. The number of hydrogen-bond acceptors (Lipinski definition) is 1. The zero-order valence-corrected chi connectivity index (χ0v) is 5.15. The highest BCUT2D eigenvalue weighted by Crippen LogP contribution is 2.22.